The summed E-state index contributed by atoms with van der Waals surface area (Å²) in [6, 6.07) is 20.6. The Morgan fingerprint density at radius 2 is 1.41 bits per heavy atom. The summed E-state index contributed by atoms with van der Waals surface area (Å²) >= 11 is 3.76. The van der Waals surface area contributed by atoms with E-state index in [1.54, 1.807) is 11.1 Å². The van der Waals surface area contributed by atoms with Gasteiger partial charge in [0, 0.05) is 4.47 Å². The fourth-order valence-corrected chi connectivity index (χ4v) is 6.51. The van der Waals surface area contributed by atoms with E-state index in [1.807, 2.05) is 0 Å². The molecular formula is C26H25Br. The maximum absolute atomic E-state index is 3.76. The molecule has 27 heavy (non-hydrogen) atoms. The predicted octanol–water partition coefficient (Wildman–Crippen LogP) is 7.31. The lowest BCUT2D eigenvalue weighted by atomic mass is 9.64. The molecule has 0 saturated carbocycles. The molecule has 136 valence electrons. The molecular weight excluding hydrogens is 392 g/mol. The molecule has 0 amide bonds. The molecule has 0 heterocycles. The van der Waals surface area contributed by atoms with Crippen molar-refractivity contribution in [1.29, 1.82) is 0 Å². The zero-order valence-corrected chi connectivity index (χ0v) is 18.2. The van der Waals surface area contributed by atoms with Crippen molar-refractivity contribution < 1.29 is 0 Å². The summed E-state index contributed by atoms with van der Waals surface area (Å²) in [5.41, 5.74) is 11.7. The van der Waals surface area contributed by atoms with E-state index in [-0.39, 0.29) is 10.8 Å². The molecule has 0 aliphatic heterocycles. The van der Waals surface area contributed by atoms with Gasteiger partial charge in [0.15, 0.2) is 0 Å². The normalized spacial score (nSPS) is 24.0. The Balaban J connectivity index is 2.03. The van der Waals surface area contributed by atoms with Crippen LogP contribution in [0.5, 0.6) is 0 Å². The molecule has 1 spiro atoms. The number of hydrogen-bond acceptors (Lipinski definition) is 0. The van der Waals surface area contributed by atoms with E-state index < -0.39 is 0 Å². The van der Waals surface area contributed by atoms with Gasteiger partial charge >= 0.3 is 0 Å². The standard InChI is InChI=1S/C26H25Br/c1-15-10-11-16(2)24-23(15)25(4,5)17(3)26(24)21-9-7-6-8-19(21)20-13-12-18(27)14-22(20)26/h6-14,17H,1-5H3/t17-,26+/m1/s1. The zero-order valence-electron chi connectivity index (χ0n) is 16.7. The molecule has 2 aliphatic rings. The lowest BCUT2D eigenvalue weighted by Gasteiger charge is -2.38. The molecule has 0 aromatic heterocycles. The number of fused-ring (bicyclic) bond motifs is 7. The van der Waals surface area contributed by atoms with Gasteiger partial charge in [-0.3, -0.25) is 0 Å². The van der Waals surface area contributed by atoms with Crippen molar-refractivity contribution in [1.82, 2.24) is 0 Å². The quantitative estimate of drug-likeness (QED) is 0.360. The van der Waals surface area contributed by atoms with Gasteiger partial charge in [0.2, 0.25) is 0 Å². The summed E-state index contributed by atoms with van der Waals surface area (Å²) in [5, 5.41) is 0. The first-order valence-corrected chi connectivity index (χ1v) is 10.6. The van der Waals surface area contributed by atoms with E-state index in [1.165, 1.54) is 33.4 Å². The van der Waals surface area contributed by atoms with Crippen molar-refractivity contribution in [2.45, 2.75) is 45.4 Å². The number of aryl methyl sites for hydroxylation is 2. The SMILES string of the molecule is Cc1ccc(C)c2c1C(C)(C)[C@@H](C)[C@@]21c2ccccc2-c2ccc(Br)cc21. The van der Waals surface area contributed by atoms with Gasteiger partial charge in [-0.25, -0.2) is 0 Å². The van der Waals surface area contributed by atoms with Crippen molar-refractivity contribution in [3.8, 4) is 11.1 Å². The maximum Gasteiger partial charge on any atom is 0.0503 e. The first-order valence-electron chi connectivity index (χ1n) is 9.82. The van der Waals surface area contributed by atoms with Crippen LogP contribution in [-0.2, 0) is 10.8 Å². The van der Waals surface area contributed by atoms with Gasteiger partial charge in [-0.1, -0.05) is 79.2 Å². The number of hydrogen-bond donors (Lipinski definition) is 0. The molecule has 0 saturated heterocycles. The van der Waals surface area contributed by atoms with Gasteiger partial charge in [0.05, 0.1) is 5.41 Å². The Kier molecular flexibility index (Phi) is 3.42. The first-order chi connectivity index (χ1) is 12.8. The van der Waals surface area contributed by atoms with E-state index in [0.717, 1.165) is 4.47 Å². The molecule has 1 heteroatoms. The van der Waals surface area contributed by atoms with E-state index in [9.17, 15) is 0 Å². The molecule has 3 aromatic rings. The first kappa shape index (κ1) is 17.3. The third kappa shape index (κ3) is 1.89. The molecule has 5 rings (SSSR count). The van der Waals surface area contributed by atoms with Crippen LogP contribution in [0.2, 0.25) is 0 Å². The van der Waals surface area contributed by atoms with Crippen molar-refractivity contribution in [3.05, 3.63) is 92.5 Å². The second kappa shape index (κ2) is 5.35. The highest BCUT2D eigenvalue weighted by Crippen LogP contribution is 2.66. The van der Waals surface area contributed by atoms with Gasteiger partial charge < -0.3 is 0 Å². The monoisotopic (exact) mass is 416 g/mol. The van der Waals surface area contributed by atoms with Crippen molar-refractivity contribution in [3.63, 3.8) is 0 Å². The third-order valence-corrected chi connectivity index (χ3v) is 7.93. The Hall–Kier alpha value is -1.86. The van der Waals surface area contributed by atoms with Crippen LogP contribution in [0.25, 0.3) is 11.1 Å². The number of benzene rings is 3. The molecule has 2 aliphatic carbocycles. The van der Waals surface area contributed by atoms with Gasteiger partial charge in [0.25, 0.3) is 0 Å². The van der Waals surface area contributed by atoms with Gasteiger partial charge in [-0.2, -0.15) is 0 Å². The van der Waals surface area contributed by atoms with E-state index >= 15 is 0 Å². The van der Waals surface area contributed by atoms with Crippen molar-refractivity contribution in [2.75, 3.05) is 0 Å². The van der Waals surface area contributed by atoms with Crippen LogP contribution in [0.3, 0.4) is 0 Å². The number of halogens is 1. The van der Waals surface area contributed by atoms with Crippen LogP contribution in [0.4, 0.5) is 0 Å². The second-order valence-corrected chi connectivity index (χ2v) is 9.85. The highest BCUT2D eigenvalue weighted by molar-refractivity contribution is 9.10. The van der Waals surface area contributed by atoms with E-state index in [2.05, 4.69) is 105 Å². The molecule has 3 aromatic carbocycles. The summed E-state index contributed by atoms with van der Waals surface area (Å²) in [6.45, 7) is 11.9. The van der Waals surface area contributed by atoms with Crippen LogP contribution in [0, 0.1) is 19.8 Å². The average molecular weight is 417 g/mol. The highest BCUT2D eigenvalue weighted by Gasteiger charge is 2.60. The van der Waals surface area contributed by atoms with Crippen molar-refractivity contribution >= 4 is 15.9 Å². The summed E-state index contributed by atoms with van der Waals surface area (Å²) in [5.74, 6) is 0.469. The molecule has 0 nitrogen and oxygen atoms in total. The Morgan fingerprint density at radius 1 is 0.778 bits per heavy atom. The summed E-state index contributed by atoms with van der Waals surface area (Å²) in [7, 11) is 0. The third-order valence-electron chi connectivity index (χ3n) is 7.44. The molecule has 0 unspecified atom stereocenters. The molecule has 0 bridgehead atoms. The molecule has 0 N–H and O–H groups in total. The van der Waals surface area contributed by atoms with Crippen LogP contribution in [0.15, 0.2) is 59.1 Å². The minimum atomic E-state index is -0.0787. The molecule has 0 fully saturated rings. The van der Waals surface area contributed by atoms with Crippen LogP contribution in [0.1, 0.15) is 54.2 Å². The minimum Gasteiger partial charge on any atom is -0.0619 e. The van der Waals surface area contributed by atoms with E-state index in [4.69, 9.17) is 0 Å². The van der Waals surface area contributed by atoms with Gasteiger partial charge in [-0.05, 0) is 81.8 Å². The smallest absolute Gasteiger partial charge is 0.0503 e. The maximum atomic E-state index is 3.76. The summed E-state index contributed by atoms with van der Waals surface area (Å²) in [6.07, 6.45) is 0. The lowest BCUT2D eigenvalue weighted by Crippen LogP contribution is -2.37. The topological polar surface area (TPSA) is 0 Å². The summed E-state index contributed by atoms with van der Waals surface area (Å²) < 4.78 is 1.16. The van der Waals surface area contributed by atoms with Gasteiger partial charge in [0.1, 0.15) is 0 Å². The van der Waals surface area contributed by atoms with Crippen molar-refractivity contribution in [2.24, 2.45) is 5.92 Å². The fourth-order valence-electron chi connectivity index (χ4n) is 6.14. The molecule has 2 atom stereocenters. The lowest BCUT2D eigenvalue weighted by molar-refractivity contribution is 0.302. The van der Waals surface area contributed by atoms with Gasteiger partial charge in [-0.15, -0.1) is 0 Å². The van der Waals surface area contributed by atoms with Crippen LogP contribution >= 0.6 is 15.9 Å². The minimum absolute atomic E-state index is 0.0787. The van der Waals surface area contributed by atoms with Crippen LogP contribution < -0.4 is 0 Å². The molecule has 0 radical (unpaired) electrons. The Bertz CT molecular complexity index is 1110. The second-order valence-electron chi connectivity index (χ2n) is 8.94. The summed E-state index contributed by atoms with van der Waals surface area (Å²) in [4.78, 5) is 0. The largest absolute Gasteiger partial charge is 0.0619 e. The number of rotatable bonds is 0. The Labute approximate surface area is 170 Å². The fraction of sp³-hybridized carbons (Fsp3) is 0.308. The highest BCUT2D eigenvalue weighted by atomic mass is 79.9. The van der Waals surface area contributed by atoms with Crippen LogP contribution in [-0.4, -0.2) is 0 Å². The zero-order chi connectivity index (χ0) is 19.1. The average Bonchev–Trinajstić information content (AvgIpc) is 3.02. The predicted molar refractivity (Wildman–Crippen MR) is 118 cm³/mol. The Morgan fingerprint density at radius 3 is 2.15 bits per heavy atom. The van der Waals surface area contributed by atoms with E-state index in [0.29, 0.717) is 5.92 Å².